The van der Waals surface area contributed by atoms with Crippen molar-refractivity contribution in [3.05, 3.63) is 72.1 Å². The van der Waals surface area contributed by atoms with E-state index in [4.69, 9.17) is 14.9 Å². The van der Waals surface area contributed by atoms with Crippen LogP contribution in [0.3, 0.4) is 0 Å². The van der Waals surface area contributed by atoms with Crippen molar-refractivity contribution >= 4 is 34.1 Å². The van der Waals surface area contributed by atoms with E-state index in [1.807, 2.05) is 24.3 Å². The lowest BCUT2D eigenvalue weighted by atomic mass is 10.2. The van der Waals surface area contributed by atoms with Crippen LogP contribution in [-0.2, 0) is 0 Å². The lowest BCUT2D eigenvalue weighted by Crippen LogP contribution is -2.00. The molecule has 0 spiro atoms. The Morgan fingerprint density at radius 2 is 1.67 bits per heavy atom. The third-order valence-corrected chi connectivity index (χ3v) is 3.83. The van der Waals surface area contributed by atoms with Crippen LogP contribution in [0.2, 0.25) is 0 Å². The quantitative estimate of drug-likeness (QED) is 0.558. The molecule has 0 aliphatic carbocycles. The van der Waals surface area contributed by atoms with Gasteiger partial charge in [0, 0.05) is 35.1 Å². The summed E-state index contributed by atoms with van der Waals surface area (Å²) in [4.78, 5) is 8.63. The Kier molecular flexibility index (Phi) is 4.10. The first kappa shape index (κ1) is 16.1. The van der Waals surface area contributed by atoms with Crippen molar-refractivity contribution < 1.29 is 4.42 Å². The highest BCUT2D eigenvalue weighted by molar-refractivity contribution is 5.83. The molecule has 0 amide bonds. The summed E-state index contributed by atoms with van der Waals surface area (Å²) in [6.07, 6.45) is 1.64. The normalized spacial score (nSPS) is 10.1. The van der Waals surface area contributed by atoms with Crippen LogP contribution >= 0.6 is 0 Å². The zero-order valence-corrected chi connectivity index (χ0v) is 14.0. The van der Waals surface area contributed by atoms with Crippen molar-refractivity contribution in [1.82, 2.24) is 9.97 Å². The van der Waals surface area contributed by atoms with Crippen LogP contribution in [0.4, 0.5) is 23.1 Å². The molecule has 7 heteroatoms. The lowest BCUT2D eigenvalue weighted by Gasteiger charge is -2.08. The second-order valence-electron chi connectivity index (χ2n) is 5.68. The fourth-order valence-electron chi connectivity index (χ4n) is 2.56. The molecule has 0 saturated carbocycles. The second kappa shape index (κ2) is 6.87. The first-order valence-electron chi connectivity index (χ1n) is 8.04. The minimum absolute atomic E-state index is 0.276. The summed E-state index contributed by atoms with van der Waals surface area (Å²) in [5.74, 6) is 1.31. The van der Waals surface area contributed by atoms with Crippen LogP contribution in [-0.4, -0.2) is 9.97 Å². The minimum Gasteiger partial charge on any atom is -0.446 e. The maximum atomic E-state index is 8.92. The Balaban J connectivity index is 1.53. The summed E-state index contributed by atoms with van der Waals surface area (Å²) in [5.41, 5.74) is 2.78. The van der Waals surface area contributed by atoms with Gasteiger partial charge in [0.05, 0.1) is 11.6 Å². The van der Waals surface area contributed by atoms with Crippen LogP contribution in [0.1, 0.15) is 11.3 Å². The Hall–Kier alpha value is -4.36. The molecule has 2 heterocycles. The molecule has 0 aliphatic heterocycles. The number of anilines is 4. The molecule has 0 radical (unpaired) electrons. The fourth-order valence-corrected chi connectivity index (χ4v) is 2.56. The van der Waals surface area contributed by atoms with E-state index < -0.39 is 0 Å². The van der Waals surface area contributed by atoms with E-state index in [-0.39, 0.29) is 5.76 Å². The summed E-state index contributed by atoms with van der Waals surface area (Å²) < 4.78 is 5.45. The predicted octanol–water partition coefficient (Wildman–Crippen LogP) is 4.45. The van der Waals surface area contributed by atoms with Crippen LogP contribution < -0.4 is 10.6 Å². The standard InChI is InChI=1S/C20H12N6O/c21-11-13-1-4-15(5-2-13)25-20-23-8-7-19(26-20)24-16-6-3-14-9-17(12-22)27-18(14)10-16/h1-10H,(H2,23,24,25,26). The molecule has 0 fully saturated rings. The molecular formula is C20H12N6O. The average Bonchev–Trinajstić information content (AvgIpc) is 3.11. The largest absolute Gasteiger partial charge is 0.446 e. The van der Waals surface area contributed by atoms with E-state index in [9.17, 15) is 0 Å². The van der Waals surface area contributed by atoms with Crippen LogP contribution in [0.5, 0.6) is 0 Å². The third-order valence-electron chi connectivity index (χ3n) is 3.83. The summed E-state index contributed by atoms with van der Waals surface area (Å²) in [5, 5.41) is 24.9. The van der Waals surface area contributed by atoms with Gasteiger partial charge < -0.3 is 15.1 Å². The number of aromatic nitrogens is 2. The number of fused-ring (bicyclic) bond motifs is 1. The molecule has 4 rings (SSSR count). The average molecular weight is 352 g/mol. The van der Waals surface area contributed by atoms with Crippen molar-refractivity contribution in [2.45, 2.75) is 0 Å². The molecular weight excluding hydrogens is 340 g/mol. The maximum absolute atomic E-state index is 8.92. The molecule has 0 atom stereocenters. The molecule has 128 valence electrons. The molecule has 27 heavy (non-hydrogen) atoms. The Bertz CT molecular complexity index is 1200. The molecule has 7 nitrogen and oxygen atoms in total. The van der Waals surface area contributed by atoms with Gasteiger partial charge in [0.25, 0.3) is 0 Å². The Morgan fingerprint density at radius 3 is 2.44 bits per heavy atom. The summed E-state index contributed by atoms with van der Waals surface area (Å²) >= 11 is 0. The van der Waals surface area contributed by atoms with Gasteiger partial charge in [-0.05, 0) is 42.5 Å². The molecule has 0 saturated heterocycles. The SMILES string of the molecule is N#Cc1ccc(Nc2nccc(Nc3ccc4cc(C#N)oc4c3)n2)cc1. The smallest absolute Gasteiger partial charge is 0.229 e. The highest BCUT2D eigenvalue weighted by Crippen LogP contribution is 2.25. The molecule has 4 aromatic rings. The van der Waals surface area contributed by atoms with Gasteiger partial charge in [-0.2, -0.15) is 15.5 Å². The zero-order valence-electron chi connectivity index (χ0n) is 14.0. The monoisotopic (exact) mass is 352 g/mol. The van der Waals surface area contributed by atoms with E-state index >= 15 is 0 Å². The fraction of sp³-hybridized carbons (Fsp3) is 0. The van der Waals surface area contributed by atoms with E-state index in [1.165, 1.54) is 0 Å². The first-order valence-corrected chi connectivity index (χ1v) is 8.04. The number of nitrogens with zero attached hydrogens (tertiary/aromatic N) is 4. The van der Waals surface area contributed by atoms with Gasteiger partial charge in [0.1, 0.15) is 17.5 Å². The van der Waals surface area contributed by atoms with E-state index in [0.717, 1.165) is 16.8 Å². The number of nitriles is 2. The van der Waals surface area contributed by atoms with Gasteiger partial charge in [-0.1, -0.05) is 0 Å². The summed E-state index contributed by atoms with van der Waals surface area (Å²) in [6, 6.07) is 20.1. The Labute approximate surface area is 154 Å². The number of furan rings is 1. The van der Waals surface area contributed by atoms with Crippen molar-refractivity contribution in [3.8, 4) is 12.1 Å². The number of hydrogen-bond acceptors (Lipinski definition) is 7. The topological polar surface area (TPSA) is 111 Å². The summed E-state index contributed by atoms with van der Waals surface area (Å²) in [6.45, 7) is 0. The van der Waals surface area contributed by atoms with Crippen LogP contribution in [0.15, 0.2) is 65.2 Å². The highest BCUT2D eigenvalue weighted by atomic mass is 16.3. The number of hydrogen-bond donors (Lipinski definition) is 2. The van der Waals surface area contributed by atoms with Gasteiger partial charge in [0.15, 0.2) is 0 Å². The van der Waals surface area contributed by atoms with E-state index in [2.05, 4.69) is 26.7 Å². The molecule has 2 aromatic heterocycles. The maximum Gasteiger partial charge on any atom is 0.229 e. The summed E-state index contributed by atoms with van der Waals surface area (Å²) in [7, 11) is 0. The molecule has 0 unspecified atom stereocenters. The minimum atomic E-state index is 0.276. The molecule has 0 aliphatic rings. The zero-order chi connectivity index (χ0) is 18.6. The highest BCUT2D eigenvalue weighted by Gasteiger charge is 2.06. The van der Waals surface area contributed by atoms with Crippen molar-refractivity contribution in [2.24, 2.45) is 0 Å². The lowest BCUT2D eigenvalue weighted by molar-refractivity contribution is 0.599. The van der Waals surface area contributed by atoms with Crippen molar-refractivity contribution in [2.75, 3.05) is 10.6 Å². The van der Waals surface area contributed by atoms with Crippen LogP contribution in [0.25, 0.3) is 11.0 Å². The molecule has 2 aromatic carbocycles. The number of benzene rings is 2. The second-order valence-corrected chi connectivity index (χ2v) is 5.68. The first-order chi connectivity index (χ1) is 13.2. The number of nitrogens with one attached hydrogen (secondary N) is 2. The van der Waals surface area contributed by atoms with Gasteiger partial charge in [-0.3, -0.25) is 0 Å². The van der Waals surface area contributed by atoms with E-state index in [0.29, 0.717) is 22.9 Å². The molecule has 0 bridgehead atoms. The molecule has 2 N–H and O–H groups in total. The van der Waals surface area contributed by atoms with Gasteiger partial charge in [-0.15, -0.1) is 0 Å². The van der Waals surface area contributed by atoms with Crippen molar-refractivity contribution in [3.63, 3.8) is 0 Å². The van der Waals surface area contributed by atoms with Crippen LogP contribution in [0, 0.1) is 22.7 Å². The van der Waals surface area contributed by atoms with Gasteiger partial charge >= 0.3 is 0 Å². The van der Waals surface area contributed by atoms with Crippen molar-refractivity contribution in [1.29, 1.82) is 10.5 Å². The Morgan fingerprint density at radius 1 is 0.852 bits per heavy atom. The van der Waals surface area contributed by atoms with Gasteiger partial charge in [-0.25, -0.2) is 4.98 Å². The van der Waals surface area contributed by atoms with Gasteiger partial charge in [0.2, 0.25) is 11.7 Å². The predicted molar refractivity (Wildman–Crippen MR) is 101 cm³/mol. The third kappa shape index (κ3) is 3.53. The number of rotatable bonds is 4. The van der Waals surface area contributed by atoms with E-state index in [1.54, 1.807) is 42.6 Å².